The highest BCUT2D eigenvalue weighted by molar-refractivity contribution is 5.08. The molecule has 8 atom stereocenters. The van der Waals surface area contributed by atoms with E-state index in [0.29, 0.717) is 11.3 Å². The van der Waals surface area contributed by atoms with E-state index in [9.17, 15) is 5.11 Å². The molecule has 5 rings (SSSR count). The van der Waals surface area contributed by atoms with Gasteiger partial charge < -0.3 is 14.6 Å². The summed E-state index contributed by atoms with van der Waals surface area (Å²) in [6, 6.07) is 0. The van der Waals surface area contributed by atoms with E-state index in [1.807, 2.05) is 0 Å². The first-order valence-electron chi connectivity index (χ1n) is 11.0. The van der Waals surface area contributed by atoms with Crippen LogP contribution >= 0.6 is 0 Å². The molecule has 0 radical (unpaired) electrons. The van der Waals surface area contributed by atoms with E-state index in [1.54, 1.807) is 0 Å². The van der Waals surface area contributed by atoms with E-state index >= 15 is 0 Å². The second kappa shape index (κ2) is 5.94. The molecule has 5 aliphatic rings. The molecule has 4 saturated carbocycles. The second-order valence-electron chi connectivity index (χ2n) is 10.3. The molecular weight excluding hydrogens is 312 g/mol. The molecule has 0 spiro atoms. The van der Waals surface area contributed by atoms with Gasteiger partial charge in [-0.2, -0.15) is 0 Å². The molecule has 0 bridgehead atoms. The molecule has 3 heteroatoms. The maximum atomic E-state index is 10.1. The van der Waals surface area contributed by atoms with Crippen LogP contribution < -0.4 is 0 Å². The molecule has 5 fully saturated rings. The molecule has 4 aliphatic carbocycles. The monoisotopic (exact) mass is 348 g/mol. The minimum atomic E-state index is -0.331. The molecule has 1 N–H and O–H groups in total. The average Bonchev–Trinajstić information content (AvgIpc) is 3.18. The van der Waals surface area contributed by atoms with Crippen LogP contribution in [-0.2, 0) is 9.47 Å². The number of fused-ring (bicyclic) bond motifs is 5. The summed E-state index contributed by atoms with van der Waals surface area (Å²) in [6.45, 7) is 6.32. The molecular formula is C22H36O3. The number of hydrogen-bond acceptors (Lipinski definition) is 3. The lowest BCUT2D eigenvalue weighted by molar-refractivity contribution is -0.215. The summed E-state index contributed by atoms with van der Waals surface area (Å²) in [5.74, 6) is 4.67. The van der Waals surface area contributed by atoms with E-state index in [4.69, 9.17) is 9.47 Å². The average molecular weight is 349 g/mol. The van der Waals surface area contributed by atoms with Crippen LogP contribution in [0.25, 0.3) is 0 Å². The van der Waals surface area contributed by atoms with Crippen LogP contribution in [0.1, 0.15) is 71.6 Å². The quantitative estimate of drug-likeness (QED) is 0.764. The standard InChI is InChI=1S/C22H36O3/c1-21-10-9-17-16-6-4-15(23)13-14(16)3-5-18(17)19(21)7-8-20(21)22(2)24-11-12-25-22/h14-20,23H,3-13H2,1-2H3. The van der Waals surface area contributed by atoms with Crippen molar-refractivity contribution < 1.29 is 14.6 Å². The Kier molecular flexibility index (Phi) is 4.04. The summed E-state index contributed by atoms with van der Waals surface area (Å²) in [5, 5.41) is 10.1. The lowest BCUT2D eigenvalue weighted by Crippen LogP contribution is -2.52. The van der Waals surface area contributed by atoms with Gasteiger partial charge in [0, 0.05) is 5.92 Å². The fraction of sp³-hybridized carbons (Fsp3) is 1.00. The molecule has 1 aliphatic heterocycles. The molecule has 142 valence electrons. The Morgan fingerprint density at radius 2 is 1.56 bits per heavy atom. The molecule has 25 heavy (non-hydrogen) atoms. The highest BCUT2D eigenvalue weighted by atomic mass is 16.7. The Morgan fingerprint density at radius 1 is 0.800 bits per heavy atom. The summed E-state index contributed by atoms with van der Waals surface area (Å²) in [7, 11) is 0. The van der Waals surface area contributed by atoms with E-state index < -0.39 is 0 Å². The van der Waals surface area contributed by atoms with Crippen LogP contribution in [0.2, 0.25) is 0 Å². The number of ether oxygens (including phenoxy) is 2. The van der Waals surface area contributed by atoms with Gasteiger partial charge in [-0.1, -0.05) is 6.92 Å². The molecule has 0 aromatic heterocycles. The third-order valence-corrected chi connectivity index (χ3v) is 9.42. The van der Waals surface area contributed by atoms with Crippen molar-refractivity contribution in [2.45, 2.75) is 83.5 Å². The Balaban J connectivity index is 1.38. The van der Waals surface area contributed by atoms with E-state index in [1.165, 1.54) is 44.9 Å². The molecule has 0 amide bonds. The summed E-state index contributed by atoms with van der Waals surface area (Å²) >= 11 is 0. The molecule has 1 heterocycles. The highest BCUT2D eigenvalue weighted by Crippen LogP contribution is 2.66. The van der Waals surface area contributed by atoms with Gasteiger partial charge in [0.15, 0.2) is 5.79 Å². The van der Waals surface area contributed by atoms with Crippen LogP contribution in [-0.4, -0.2) is 30.2 Å². The van der Waals surface area contributed by atoms with Crippen molar-refractivity contribution in [3.63, 3.8) is 0 Å². The molecule has 0 aromatic carbocycles. The van der Waals surface area contributed by atoms with Crippen LogP contribution in [0.3, 0.4) is 0 Å². The predicted molar refractivity (Wildman–Crippen MR) is 96.9 cm³/mol. The minimum Gasteiger partial charge on any atom is -0.393 e. The Bertz CT molecular complexity index is 513. The number of hydrogen-bond donors (Lipinski definition) is 1. The molecule has 3 nitrogen and oxygen atoms in total. The highest BCUT2D eigenvalue weighted by Gasteiger charge is 2.61. The maximum Gasteiger partial charge on any atom is 0.169 e. The SMILES string of the molecule is CC1(C2CCC3C4CCC5CC(O)CCC5C4CCC32C)OCCO1. The largest absolute Gasteiger partial charge is 0.393 e. The topological polar surface area (TPSA) is 38.7 Å². The Labute approximate surface area is 152 Å². The van der Waals surface area contributed by atoms with Gasteiger partial charge >= 0.3 is 0 Å². The first-order chi connectivity index (χ1) is 12.0. The Hall–Kier alpha value is -0.120. The number of aliphatic hydroxyl groups is 1. The van der Waals surface area contributed by atoms with Gasteiger partial charge in [0.2, 0.25) is 0 Å². The van der Waals surface area contributed by atoms with Crippen molar-refractivity contribution in [2.75, 3.05) is 13.2 Å². The summed E-state index contributed by atoms with van der Waals surface area (Å²) in [5.41, 5.74) is 0.404. The predicted octanol–water partition coefficient (Wildman–Crippen LogP) is 4.38. The molecule has 0 aromatic rings. The zero-order chi connectivity index (χ0) is 17.2. The van der Waals surface area contributed by atoms with Crippen molar-refractivity contribution in [1.29, 1.82) is 0 Å². The first-order valence-corrected chi connectivity index (χ1v) is 11.0. The Morgan fingerprint density at radius 3 is 2.36 bits per heavy atom. The second-order valence-corrected chi connectivity index (χ2v) is 10.3. The van der Waals surface area contributed by atoms with Gasteiger partial charge in [-0.25, -0.2) is 0 Å². The normalized spacial score (nSPS) is 54.6. The van der Waals surface area contributed by atoms with Crippen LogP contribution in [0.5, 0.6) is 0 Å². The van der Waals surface area contributed by atoms with Crippen LogP contribution in [0.15, 0.2) is 0 Å². The number of rotatable bonds is 1. The lowest BCUT2D eigenvalue weighted by atomic mass is 9.49. The third kappa shape index (κ3) is 2.48. The van der Waals surface area contributed by atoms with Gasteiger partial charge in [-0.05, 0) is 99.7 Å². The van der Waals surface area contributed by atoms with Crippen molar-refractivity contribution in [3.8, 4) is 0 Å². The van der Waals surface area contributed by atoms with Crippen LogP contribution in [0, 0.1) is 40.9 Å². The van der Waals surface area contributed by atoms with Crippen LogP contribution in [0.4, 0.5) is 0 Å². The number of aliphatic hydroxyl groups excluding tert-OH is 1. The van der Waals surface area contributed by atoms with E-state index in [0.717, 1.165) is 55.6 Å². The fourth-order valence-corrected chi connectivity index (χ4v) is 8.42. The maximum absolute atomic E-state index is 10.1. The zero-order valence-corrected chi connectivity index (χ0v) is 16.1. The van der Waals surface area contributed by atoms with Gasteiger partial charge in [-0.3, -0.25) is 0 Å². The smallest absolute Gasteiger partial charge is 0.169 e. The summed E-state index contributed by atoms with van der Waals surface area (Å²) < 4.78 is 12.2. The first kappa shape index (κ1) is 17.0. The third-order valence-electron chi connectivity index (χ3n) is 9.42. The van der Waals surface area contributed by atoms with Crippen molar-refractivity contribution in [1.82, 2.24) is 0 Å². The van der Waals surface area contributed by atoms with Crippen molar-refractivity contribution in [3.05, 3.63) is 0 Å². The lowest BCUT2D eigenvalue weighted by Gasteiger charge is -2.57. The van der Waals surface area contributed by atoms with Gasteiger partial charge in [0.25, 0.3) is 0 Å². The summed E-state index contributed by atoms with van der Waals surface area (Å²) in [4.78, 5) is 0. The van der Waals surface area contributed by atoms with Crippen molar-refractivity contribution >= 4 is 0 Å². The van der Waals surface area contributed by atoms with Gasteiger partial charge in [-0.15, -0.1) is 0 Å². The molecule has 1 saturated heterocycles. The van der Waals surface area contributed by atoms with E-state index in [-0.39, 0.29) is 11.9 Å². The zero-order valence-electron chi connectivity index (χ0n) is 16.1. The summed E-state index contributed by atoms with van der Waals surface area (Å²) in [6.07, 6.45) is 11.6. The molecule has 8 unspecified atom stereocenters. The van der Waals surface area contributed by atoms with Gasteiger partial charge in [0.1, 0.15) is 0 Å². The minimum absolute atomic E-state index is 0.0147. The van der Waals surface area contributed by atoms with Crippen molar-refractivity contribution in [2.24, 2.45) is 40.9 Å². The van der Waals surface area contributed by atoms with Gasteiger partial charge in [0.05, 0.1) is 19.3 Å². The fourth-order valence-electron chi connectivity index (χ4n) is 8.42. The van der Waals surface area contributed by atoms with E-state index in [2.05, 4.69) is 13.8 Å².